The minimum Gasteiger partial charge on any atom is -0.479 e. The van der Waals surface area contributed by atoms with E-state index in [0.29, 0.717) is 0 Å². The van der Waals surface area contributed by atoms with Gasteiger partial charge in [-0.05, 0) is 50.6 Å². The van der Waals surface area contributed by atoms with Crippen LogP contribution in [0.5, 0.6) is 5.75 Å². The Morgan fingerprint density at radius 1 is 1.33 bits per heavy atom. The lowest BCUT2D eigenvalue weighted by Gasteiger charge is -2.23. The van der Waals surface area contributed by atoms with Gasteiger partial charge in [0.1, 0.15) is 5.75 Å². The monoisotopic (exact) mass is 335 g/mol. The topological polar surface area (TPSA) is 76.4 Å². The minimum absolute atomic E-state index is 0. The van der Waals surface area contributed by atoms with Crippen LogP contribution >= 0.6 is 24.8 Å². The van der Waals surface area contributed by atoms with Crippen LogP contribution < -0.4 is 21.1 Å². The summed E-state index contributed by atoms with van der Waals surface area (Å²) in [6.07, 6.45) is 1.70. The zero-order valence-corrected chi connectivity index (χ0v) is 13.7. The van der Waals surface area contributed by atoms with Gasteiger partial charge in [0.25, 0.3) is 5.91 Å². The van der Waals surface area contributed by atoms with Crippen molar-refractivity contribution in [1.29, 1.82) is 0 Å². The summed E-state index contributed by atoms with van der Waals surface area (Å²) in [6, 6.07) is 5.87. The van der Waals surface area contributed by atoms with Gasteiger partial charge in [0, 0.05) is 6.54 Å². The largest absolute Gasteiger partial charge is 0.479 e. The molecule has 5 nitrogen and oxygen atoms in total. The Balaban J connectivity index is 0.00000200. The zero-order valence-electron chi connectivity index (χ0n) is 12.1. The molecular formula is C14H23Cl2N3O2. The smallest absolute Gasteiger partial charge is 0.265 e. The number of nitrogens with one attached hydrogen (secondary N) is 2. The van der Waals surface area contributed by atoms with Crippen LogP contribution in [0.1, 0.15) is 25.3 Å². The third kappa shape index (κ3) is 5.71. The van der Waals surface area contributed by atoms with Crippen molar-refractivity contribution in [2.24, 2.45) is 5.73 Å². The van der Waals surface area contributed by atoms with Crippen LogP contribution in [0.25, 0.3) is 0 Å². The maximum Gasteiger partial charge on any atom is 0.265 e. The molecule has 0 aromatic heterocycles. The molecule has 0 radical (unpaired) electrons. The molecule has 0 saturated carbocycles. The van der Waals surface area contributed by atoms with E-state index in [-0.39, 0.29) is 30.7 Å². The fourth-order valence-electron chi connectivity index (χ4n) is 1.99. The number of amides is 1. The lowest BCUT2D eigenvalue weighted by atomic mass is 10.1. The van der Waals surface area contributed by atoms with Crippen molar-refractivity contribution in [3.63, 3.8) is 0 Å². The number of hydrogen-bond acceptors (Lipinski definition) is 4. The molecule has 21 heavy (non-hydrogen) atoms. The summed E-state index contributed by atoms with van der Waals surface area (Å²) in [5.74, 6) is 0.638. The summed E-state index contributed by atoms with van der Waals surface area (Å²) in [5.41, 5.74) is 7.32. The number of unbranched alkanes of at least 4 members (excludes halogenated alkanes) is 1. The Hall–Kier alpha value is -1.01. The molecule has 0 spiro atoms. The van der Waals surface area contributed by atoms with Gasteiger partial charge in [0.05, 0.1) is 5.69 Å². The van der Waals surface area contributed by atoms with E-state index >= 15 is 0 Å². The van der Waals surface area contributed by atoms with E-state index in [0.717, 1.165) is 49.5 Å². The van der Waals surface area contributed by atoms with Crippen molar-refractivity contribution in [1.82, 2.24) is 5.32 Å². The Morgan fingerprint density at radius 2 is 2.10 bits per heavy atom. The van der Waals surface area contributed by atoms with Crippen LogP contribution in [0.15, 0.2) is 18.2 Å². The second-order valence-corrected chi connectivity index (χ2v) is 4.75. The molecular weight excluding hydrogens is 313 g/mol. The quantitative estimate of drug-likeness (QED) is 0.695. The highest BCUT2D eigenvalue weighted by Gasteiger charge is 2.23. The maximum atomic E-state index is 11.5. The van der Waals surface area contributed by atoms with Gasteiger partial charge in [-0.3, -0.25) is 4.79 Å². The Kier molecular flexibility index (Phi) is 9.37. The van der Waals surface area contributed by atoms with E-state index in [2.05, 4.69) is 10.6 Å². The molecule has 4 N–H and O–H groups in total. The average Bonchev–Trinajstić information content (AvgIpc) is 2.40. The van der Waals surface area contributed by atoms with Gasteiger partial charge < -0.3 is 21.1 Å². The number of nitrogens with two attached hydrogens (primary N) is 1. The summed E-state index contributed by atoms with van der Waals surface area (Å²) >= 11 is 0. The van der Waals surface area contributed by atoms with Crippen molar-refractivity contribution < 1.29 is 9.53 Å². The van der Waals surface area contributed by atoms with Gasteiger partial charge in [-0.2, -0.15) is 0 Å². The first-order valence-corrected chi connectivity index (χ1v) is 6.72. The molecule has 1 aromatic rings. The molecule has 7 heteroatoms. The first-order chi connectivity index (χ1) is 9.20. The van der Waals surface area contributed by atoms with Gasteiger partial charge in [0.2, 0.25) is 0 Å². The van der Waals surface area contributed by atoms with Gasteiger partial charge >= 0.3 is 0 Å². The van der Waals surface area contributed by atoms with Gasteiger partial charge in [-0.1, -0.05) is 6.07 Å². The van der Waals surface area contributed by atoms with Gasteiger partial charge in [-0.25, -0.2) is 0 Å². The first-order valence-electron chi connectivity index (χ1n) is 6.72. The van der Waals surface area contributed by atoms with Crippen LogP contribution in [-0.2, 0) is 11.3 Å². The molecule has 120 valence electrons. The molecule has 1 aromatic carbocycles. The zero-order chi connectivity index (χ0) is 13.7. The SMILES string of the molecule is CC1Oc2ccc(CNCCCCN)cc2NC1=O.Cl.Cl. The fraction of sp³-hybridized carbons (Fsp3) is 0.500. The molecule has 1 aliphatic rings. The van der Waals surface area contributed by atoms with E-state index in [1.54, 1.807) is 6.92 Å². The number of halogens is 2. The van der Waals surface area contributed by atoms with E-state index in [4.69, 9.17) is 10.5 Å². The van der Waals surface area contributed by atoms with Crippen LogP contribution in [-0.4, -0.2) is 25.1 Å². The number of carbonyl (C=O) groups is 1. The predicted octanol–water partition coefficient (Wildman–Crippen LogP) is 2.08. The summed E-state index contributed by atoms with van der Waals surface area (Å²) in [5, 5.41) is 6.21. The van der Waals surface area contributed by atoms with Crippen LogP contribution in [0.3, 0.4) is 0 Å². The molecule has 1 unspecified atom stereocenters. The number of rotatable bonds is 6. The third-order valence-electron chi connectivity index (χ3n) is 3.11. The number of ether oxygens (including phenoxy) is 1. The second-order valence-electron chi connectivity index (χ2n) is 4.75. The summed E-state index contributed by atoms with van der Waals surface area (Å²) in [7, 11) is 0. The van der Waals surface area contributed by atoms with Crippen molar-refractivity contribution in [2.45, 2.75) is 32.4 Å². The standard InChI is InChI=1S/C14H21N3O2.2ClH/c1-10-14(18)17-12-8-11(4-5-13(12)19-10)9-16-7-3-2-6-15;;/h4-5,8,10,16H,2-3,6-7,9,15H2,1H3,(H,17,18);2*1H. The van der Waals surface area contributed by atoms with Crippen molar-refractivity contribution in [2.75, 3.05) is 18.4 Å². The van der Waals surface area contributed by atoms with Gasteiger partial charge in [0.15, 0.2) is 6.10 Å². The van der Waals surface area contributed by atoms with E-state index in [9.17, 15) is 4.79 Å². The van der Waals surface area contributed by atoms with Crippen molar-refractivity contribution in [3.05, 3.63) is 23.8 Å². The van der Waals surface area contributed by atoms with Crippen LogP contribution in [0.2, 0.25) is 0 Å². The van der Waals surface area contributed by atoms with Crippen LogP contribution in [0.4, 0.5) is 5.69 Å². The minimum atomic E-state index is -0.423. The normalized spacial score (nSPS) is 15.9. The molecule has 0 aliphatic carbocycles. The van der Waals surface area contributed by atoms with Crippen LogP contribution in [0, 0.1) is 0 Å². The Morgan fingerprint density at radius 3 is 2.81 bits per heavy atom. The third-order valence-corrected chi connectivity index (χ3v) is 3.11. The highest BCUT2D eigenvalue weighted by molar-refractivity contribution is 5.97. The molecule has 0 fully saturated rings. The Bertz CT molecular complexity index is 458. The summed E-state index contributed by atoms with van der Waals surface area (Å²) < 4.78 is 5.51. The second kappa shape index (κ2) is 9.84. The number of hydrogen-bond donors (Lipinski definition) is 3. The fourth-order valence-corrected chi connectivity index (χ4v) is 1.99. The maximum absolute atomic E-state index is 11.5. The molecule has 1 amide bonds. The number of carbonyl (C=O) groups excluding carboxylic acids is 1. The molecule has 2 rings (SSSR count). The number of fused-ring (bicyclic) bond motifs is 1. The van der Waals surface area contributed by atoms with Crippen molar-refractivity contribution >= 4 is 36.4 Å². The lowest BCUT2D eigenvalue weighted by Crippen LogP contribution is -2.34. The average molecular weight is 336 g/mol. The van der Waals surface area contributed by atoms with E-state index < -0.39 is 6.10 Å². The molecule has 1 atom stereocenters. The molecule has 1 heterocycles. The Labute approximate surface area is 137 Å². The molecule has 1 aliphatic heterocycles. The molecule has 0 bridgehead atoms. The summed E-state index contributed by atoms with van der Waals surface area (Å²) in [4.78, 5) is 11.5. The molecule has 0 saturated heterocycles. The highest BCUT2D eigenvalue weighted by atomic mass is 35.5. The summed E-state index contributed by atoms with van der Waals surface area (Å²) in [6.45, 7) is 4.21. The predicted molar refractivity (Wildman–Crippen MR) is 89.7 cm³/mol. The van der Waals surface area contributed by atoms with Crippen molar-refractivity contribution in [3.8, 4) is 5.75 Å². The highest BCUT2D eigenvalue weighted by Crippen LogP contribution is 2.30. The lowest BCUT2D eigenvalue weighted by molar-refractivity contribution is -0.122. The van der Waals surface area contributed by atoms with E-state index in [1.165, 1.54) is 0 Å². The van der Waals surface area contributed by atoms with E-state index in [1.807, 2.05) is 18.2 Å². The first kappa shape index (κ1) is 20.0. The van der Waals surface area contributed by atoms with Gasteiger partial charge in [-0.15, -0.1) is 24.8 Å². The number of benzene rings is 1. The number of anilines is 1.